The average Bonchev–Trinajstić information content (AvgIpc) is 2.37. The number of pyridine rings is 1. The molecule has 1 aromatic heterocycles. The molecule has 1 heterocycles. The van der Waals surface area contributed by atoms with Crippen LogP contribution in [-0.4, -0.2) is 23.5 Å². The van der Waals surface area contributed by atoms with Crippen LogP contribution in [0.1, 0.15) is 31.2 Å². The lowest BCUT2D eigenvalue weighted by atomic mass is 10.2. The number of aromatic nitrogens is 1. The number of alkyl halides is 3. The Bertz CT molecular complexity index is 369. The molecule has 0 aromatic carbocycles. The summed E-state index contributed by atoms with van der Waals surface area (Å²) in [6.07, 6.45) is 3.36. The van der Waals surface area contributed by atoms with E-state index in [9.17, 15) is 13.2 Å². The van der Waals surface area contributed by atoms with Crippen molar-refractivity contribution in [2.24, 2.45) is 0 Å². The third kappa shape index (κ3) is 6.71. The molecule has 0 unspecified atom stereocenters. The number of anilines is 1. The lowest BCUT2D eigenvalue weighted by molar-refractivity contribution is -0.137. The highest BCUT2D eigenvalue weighted by Crippen LogP contribution is 2.29. The number of hydrogen-bond acceptors (Lipinski definition) is 3. The van der Waals surface area contributed by atoms with E-state index in [1.807, 2.05) is 11.8 Å². The minimum absolute atomic E-state index is 0.291. The molecule has 19 heavy (non-hydrogen) atoms. The van der Waals surface area contributed by atoms with E-state index in [0.29, 0.717) is 12.4 Å². The van der Waals surface area contributed by atoms with Crippen molar-refractivity contribution >= 4 is 17.6 Å². The second-order valence-electron chi connectivity index (χ2n) is 4.26. The maximum atomic E-state index is 12.5. The molecule has 1 N–H and O–H groups in total. The summed E-state index contributed by atoms with van der Waals surface area (Å²) in [5.74, 6) is 1.46. The van der Waals surface area contributed by atoms with Crippen LogP contribution in [0, 0.1) is 0 Å². The Morgan fingerprint density at radius 1 is 1.21 bits per heavy atom. The number of thioether (sulfide) groups is 1. The van der Waals surface area contributed by atoms with E-state index in [2.05, 4.69) is 16.6 Å². The number of nitrogens with zero attached hydrogens (tertiary/aromatic N) is 1. The van der Waals surface area contributed by atoms with Gasteiger partial charge < -0.3 is 5.32 Å². The molecular formula is C13H19F3N2S. The second-order valence-corrected chi connectivity index (χ2v) is 5.25. The van der Waals surface area contributed by atoms with Crippen LogP contribution >= 0.6 is 11.8 Å². The normalized spacial score (nSPS) is 11.6. The fraction of sp³-hybridized carbons (Fsp3) is 0.615. The zero-order valence-corrected chi connectivity index (χ0v) is 11.8. The Kier molecular flexibility index (Phi) is 7.05. The first-order valence-electron chi connectivity index (χ1n) is 6.30. The SMILES string of the molecule is CSCCCCCCNc1cc(C(F)(F)F)ccn1. The van der Waals surface area contributed by atoms with Crippen molar-refractivity contribution in [1.29, 1.82) is 0 Å². The van der Waals surface area contributed by atoms with E-state index in [-0.39, 0.29) is 0 Å². The number of halogens is 3. The molecule has 108 valence electrons. The van der Waals surface area contributed by atoms with E-state index in [1.54, 1.807) is 0 Å². The van der Waals surface area contributed by atoms with Gasteiger partial charge in [-0.15, -0.1) is 0 Å². The maximum Gasteiger partial charge on any atom is 0.416 e. The maximum absolute atomic E-state index is 12.5. The van der Waals surface area contributed by atoms with Crippen molar-refractivity contribution in [2.75, 3.05) is 23.9 Å². The van der Waals surface area contributed by atoms with E-state index in [0.717, 1.165) is 25.0 Å². The minimum atomic E-state index is -4.31. The van der Waals surface area contributed by atoms with Crippen molar-refractivity contribution in [3.05, 3.63) is 23.9 Å². The summed E-state index contributed by atoms with van der Waals surface area (Å²) in [4.78, 5) is 3.89. The van der Waals surface area contributed by atoms with Gasteiger partial charge in [0.1, 0.15) is 5.82 Å². The van der Waals surface area contributed by atoms with Gasteiger partial charge in [0, 0.05) is 12.7 Å². The van der Waals surface area contributed by atoms with Gasteiger partial charge in [-0.1, -0.05) is 12.8 Å². The van der Waals surface area contributed by atoms with Crippen LogP contribution in [0.5, 0.6) is 0 Å². The first kappa shape index (κ1) is 16.1. The Balaban J connectivity index is 2.26. The Hall–Kier alpha value is -0.910. The van der Waals surface area contributed by atoms with E-state index >= 15 is 0 Å². The molecule has 0 atom stereocenters. The van der Waals surface area contributed by atoms with Crippen molar-refractivity contribution in [2.45, 2.75) is 31.9 Å². The molecule has 0 bridgehead atoms. The highest BCUT2D eigenvalue weighted by Gasteiger charge is 2.30. The zero-order valence-electron chi connectivity index (χ0n) is 11.0. The van der Waals surface area contributed by atoms with E-state index in [1.165, 1.54) is 24.8 Å². The van der Waals surface area contributed by atoms with Gasteiger partial charge in [0.2, 0.25) is 0 Å². The number of hydrogen-bond donors (Lipinski definition) is 1. The van der Waals surface area contributed by atoms with Gasteiger partial charge in [-0.3, -0.25) is 0 Å². The van der Waals surface area contributed by atoms with Crippen LogP contribution in [0.2, 0.25) is 0 Å². The monoisotopic (exact) mass is 292 g/mol. The summed E-state index contributed by atoms with van der Waals surface area (Å²) in [5, 5.41) is 2.93. The standard InChI is InChI=1S/C13H19F3N2S/c1-19-9-5-3-2-4-7-17-12-10-11(6-8-18-12)13(14,15)16/h6,8,10H,2-5,7,9H2,1H3,(H,17,18). The minimum Gasteiger partial charge on any atom is -0.370 e. The Labute approximate surface area is 116 Å². The third-order valence-electron chi connectivity index (χ3n) is 2.67. The van der Waals surface area contributed by atoms with Crippen LogP contribution < -0.4 is 5.32 Å². The van der Waals surface area contributed by atoms with Gasteiger partial charge in [-0.2, -0.15) is 24.9 Å². The molecule has 0 aliphatic heterocycles. The van der Waals surface area contributed by atoms with Crippen molar-refractivity contribution in [1.82, 2.24) is 4.98 Å². The smallest absolute Gasteiger partial charge is 0.370 e. The first-order chi connectivity index (χ1) is 9.04. The molecular weight excluding hydrogens is 273 g/mol. The first-order valence-corrected chi connectivity index (χ1v) is 7.69. The second kappa shape index (κ2) is 8.30. The molecule has 1 aromatic rings. The van der Waals surface area contributed by atoms with Gasteiger partial charge in [-0.05, 0) is 37.0 Å². The van der Waals surface area contributed by atoms with Gasteiger partial charge in [0.15, 0.2) is 0 Å². The Morgan fingerprint density at radius 2 is 1.95 bits per heavy atom. The van der Waals surface area contributed by atoms with Crippen LogP contribution in [0.15, 0.2) is 18.3 Å². The molecule has 0 aliphatic rings. The van der Waals surface area contributed by atoms with E-state index < -0.39 is 11.7 Å². The predicted octanol–water partition coefficient (Wildman–Crippen LogP) is 4.44. The summed E-state index contributed by atoms with van der Waals surface area (Å²) < 4.78 is 37.4. The molecule has 0 spiro atoms. The molecule has 0 saturated carbocycles. The van der Waals surface area contributed by atoms with Gasteiger partial charge in [-0.25, -0.2) is 4.98 Å². The molecule has 2 nitrogen and oxygen atoms in total. The van der Waals surface area contributed by atoms with E-state index in [4.69, 9.17) is 0 Å². The summed E-state index contributed by atoms with van der Waals surface area (Å²) in [7, 11) is 0. The molecule has 0 saturated heterocycles. The largest absolute Gasteiger partial charge is 0.416 e. The fourth-order valence-corrected chi connectivity index (χ4v) is 2.14. The number of nitrogens with one attached hydrogen (secondary N) is 1. The van der Waals surface area contributed by atoms with Crippen molar-refractivity contribution in [3.8, 4) is 0 Å². The van der Waals surface area contributed by atoms with Crippen molar-refractivity contribution in [3.63, 3.8) is 0 Å². The number of rotatable bonds is 8. The summed E-state index contributed by atoms with van der Waals surface area (Å²) in [6, 6.07) is 2.03. The van der Waals surface area contributed by atoms with Gasteiger partial charge in [0.25, 0.3) is 0 Å². The molecule has 0 radical (unpaired) electrons. The van der Waals surface area contributed by atoms with Crippen LogP contribution in [0.25, 0.3) is 0 Å². The molecule has 6 heteroatoms. The number of unbranched alkanes of at least 4 members (excludes halogenated alkanes) is 3. The third-order valence-corrected chi connectivity index (χ3v) is 3.37. The summed E-state index contributed by atoms with van der Waals surface area (Å²) >= 11 is 1.83. The predicted molar refractivity (Wildman–Crippen MR) is 74.6 cm³/mol. The highest BCUT2D eigenvalue weighted by atomic mass is 32.2. The topological polar surface area (TPSA) is 24.9 Å². The Morgan fingerprint density at radius 3 is 2.63 bits per heavy atom. The molecule has 0 amide bonds. The lowest BCUT2D eigenvalue weighted by Crippen LogP contribution is -2.08. The lowest BCUT2D eigenvalue weighted by Gasteiger charge is -2.09. The van der Waals surface area contributed by atoms with Gasteiger partial charge >= 0.3 is 6.18 Å². The van der Waals surface area contributed by atoms with Crippen LogP contribution in [-0.2, 0) is 6.18 Å². The molecule has 0 aliphatic carbocycles. The fourth-order valence-electron chi connectivity index (χ4n) is 1.64. The summed E-state index contributed by atoms with van der Waals surface area (Å²) in [6.45, 7) is 0.660. The average molecular weight is 292 g/mol. The van der Waals surface area contributed by atoms with Gasteiger partial charge in [0.05, 0.1) is 5.56 Å². The highest BCUT2D eigenvalue weighted by molar-refractivity contribution is 7.98. The quantitative estimate of drug-likeness (QED) is 0.717. The van der Waals surface area contributed by atoms with Crippen LogP contribution in [0.3, 0.4) is 0 Å². The van der Waals surface area contributed by atoms with Crippen LogP contribution in [0.4, 0.5) is 19.0 Å². The summed E-state index contributed by atoms with van der Waals surface area (Å²) in [5.41, 5.74) is -0.662. The molecule has 1 rings (SSSR count). The molecule has 0 fully saturated rings. The van der Waals surface area contributed by atoms with Crippen molar-refractivity contribution < 1.29 is 13.2 Å². The zero-order chi connectivity index (χ0) is 14.1.